The lowest BCUT2D eigenvalue weighted by atomic mass is 9.96. The maximum atomic E-state index is 10.9. The van der Waals surface area contributed by atoms with Gasteiger partial charge in [-0.3, -0.25) is 14.4 Å². The molecular formula is C45H89N3O25. The van der Waals surface area contributed by atoms with Gasteiger partial charge in [0.05, 0.1) is 127 Å². The van der Waals surface area contributed by atoms with Crippen LogP contribution in [0.25, 0.3) is 0 Å². The molecule has 0 aliphatic heterocycles. The fourth-order valence-electron chi connectivity index (χ4n) is 3.85. The number of quaternary nitrogens is 3. The van der Waals surface area contributed by atoms with E-state index in [4.69, 9.17) is 51.1 Å². The third kappa shape index (κ3) is 66.8. The van der Waals surface area contributed by atoms with E-state index in [-0.39, 0.29) is 58.3 Å². The summed E-state index contributed by atoms with van der Waals surface area (Å²) >= 11 is 0. The molecule has 0 fully saturated rings. The molecule has 0 heterocycles. The first kappa shape index (κ1) is 81.9. The van der Waals surface area contributed by atoms with Gasteiger partial charge in [-0.25, -0.2) is 14.4 Å². The number of aliphatic carboxylic acids is 6. The van der Waals surface area contributed by atoms with E-state index in [9.17, 15) is 58.5 Å². The summed E-state index contributed by atoms with van der Waals surface area (Å²) in [4.78, 5) is 93.9. The Balaban J connectivity index is -0.000000142. The van der Waals surface area contributed by atoms with E-state index in [1.165, 1.54) is 20.8 Å². The lowest BCUT2D eigenvalue weighted by molar-refractivity contribution is -0.870. The zero-order valence-corrected chi connectivity index (χ0v) is 45.3. The second-order valence-corrected chi connectivity index (χ2v) is 19.0. The van der Waals surface area contributed by atoms with Crippen molar-refractivity contribution >= 4 is 53.7 Å². The van der Waals surface area contributed by atoms with Gasteiger partial charge in [-0.1, -0.05) is 20.8 Å². The Kier molecular flexibility index (Phi) is 49.7. The number of aliphatic hydroxyl groups excluding tert-OH is 6. The van der Waals surface area contributed by atoms with Gasteiger partial charge in [0, 0.05) is 24.8 Å². The van der Waals surface area contributed by atoms with Crippen LogP contribution in [0.5, 0.6) is 0 Å². The highest BCUT2D eigenvalue weighted by Gasteiger charge is 2.29. The van der Waals surface area contributed by atoms with E-state index in [0.717, 1.165) is 33.1 Å². The Hall–Kier alpha value is -5.17. The van der Waals surface area contributed by atoms with Gasteiger partial charge < -0.3 is 108 Å². The maximum absolute atomic E-state index is 10.9. The first-order chi connectivity index (χ1) is 32.9. The van der Waals surface area contributed by atoms with Gasteiger partial charge in [0.1, 0.15) is 25.2 Å². The average Bonchev–Trinajstić information content (AvgIpc) is 3.16. The fraction of sp³-hybridized carbons (Fsp3) is 0.800. The number of rotatable bonds is 26. The molecule has 6 unspecified atom stereocenters. The number of carbonyl (C=O) groups is 9. The molecule has 0 saturated heterocycles. The average molecular weight is 1070 g/mol. The topological polar surface area (TPSA) is 453 Å². The Labute approximate surface area is 428 Å². The minimum absolute atomic E-state index is 0.177. The summed E-state index contributed by atoms with van der Waals surface area (Å²) in [5.74, 6) is -11.6. The molecule has 0 amide bonds. The number of ether oxygens (including phenoxy) is 3. The van der Waals surface area contributed by atoms with Gasteiger partial charge in [0.2, 0.25) is 0 Å². The molecule has 10 N–H and O–H groups in total. The van der Waals surface area contributed by atoms with Crippen LogP contribution in [-0.4, -0.2) is 263 Å². The first-order valence-electron chi connectivity index (χ1n) is 22.8. The molecule has 6 atom stereocenters. The molecule has 28 heteroatoms. The summed E-state index contributed by atoms with van der Waals surface area (Å²) in [7, 11) is 18.5. The number of likely N-dealkylation sites (N-methyl/N-ethyl adjacent to an activating group) is 3. The van der Waals surface area contributed by atoms with Crippen LogP contribution in [0.4, 0.5) is 0 Å². The molecular weight excluding hydrogens is 982 g/mol. The third-order valence-corrected chi connectivity index (χ3v) is 7.71. The highest BCUT2D eigenvalue weighted by atomic mass is 16.6. The van der Waals surface area contributed by atoms with Crippen LogP contribution in [-0.2, 0) is 57.4 Å². The van der Waals surface area contributed by atoms with Crippen LogP contribution in [0, 0.1) is 0 Å². The highest BCUT2D eigenvalue weighted by molar-refractivity contribution is 5.86. The summed E-state index contributed by atoms with van der Waals surface area (Å²) in [6.07, 6.45) is -8.31. The quantitative estimate of drug-likeness (QED) is 0.0219. The number of nitrogens with zero attached hydrogens (tertiary/aromatic N) is 3. The number of carboxylic acid groups (broad SMARTS) is 6. The predicted molar refractivity (Wildman–Crippen MR) is 251 cm³/mol. The first-order valence-corrected chi connectivity index (χ1v) is 22.8. The van der Waals surface area contributed by atoms with Crippen molar-refractivity contribution in [2.45, 2.75) is 135 Å². The van der Waals surface area contributed by atoms with Gasteiger partial charge in [0.25, 0.3) is 0 Å². The van der Waals surface area contributed by atoms with Crippen molar-refractivity contribution in [3.05, 3.63) is 0 Å². The van der Waals surface area contributed by atoms with Crippen molar-refractivity contribution in [3.8, 4) is 0 Å². The molecule has 0 aromatic heterocycles. The highest BCUT2D eigenvalue weighted by Crippen LogP contribution is 2.13. The van der Waals surface area contributed by atoms with E-state index >= 15 is 0 Å². The summed E-state index contributed by atoms with van der Waals surface area (Å²) in [5.41, 5.74) is -2.97. The van der Waals surface area contributed by atoms with Gasteiger partial charge >= 0.3 is 35.8 Å². The molecule has 0 aromatic rings. The summed E-state index contributed by atoms with van der Waals surface area (Å²) in [6, 6.07) is 0. The van der Waals surface area contributed by atoms with Gasteiger partial charge in [0.15, 0.2) is 18.3 Å². The van der Waals surface area contributed by atoms with E-state index < -0.39 is 109 Å². The molecule has 0 aromatic carbocycles. The van der Waals surface area contributed by atoms with Crippen molar-refractivity contribution < 1.29 is 137 Å². The monoisotopic (exact) mass is 1070 g/mol. The number of hydrogen-bond donors (Lipinski definition) is 10. The van der Waals surface area contributed by atoms with Gasteiger partial charge in [-0.05, 0) is 40.0 Å². The van der Waals surface area contributed by atoms with Crippen molar-refractivity contribution in [2.75, 3.05) is 103 Å². The third-order valence-electron chi connectivity index (χ3n) is 7.71. The second kappa shape index (κ2) is 44.3. The summed E-state index contributed by atoms with van der Waals surface area (Å²) in [6.45, 7) is 12.5. The largest absolute Gasteiger partial charge is 0.550 e. The Morgan fingerprint density at radius 3 is 0.726 bits per heavy atom. The van der Waals surface area contributed by atoms with Crippen LogP contribution in [0.1, 0.15) is 92.9 Å². The second-order valence-electron chi connectivity index (χ2n) is 19.0. The standard InChI is InChI=1S/3C8H14O5.C6H8O7.3C5H14NO/c3*1-3-6(8(11)12)13-7(10)4-5(2)9;7-3(8)1-6(13,5(11)12)2-4(9)10;3*1-6(2,3)4-5-7/h3*5-6,9H,3-4H2,1-2H3,(H,11,12);13H,1-2H2,(H,7,8)(H,9,10)(H,11,12);3*7H,4-5H2,1-3H3/q;;;;3*+1/p-3. The lowest BCUT2D eigenvalue weighted by Crippen LogP contribution is -2.54. The van der Waals surface area contributed by atoms with E-state index in [2.05, 4.69) is 77.6 Å². The van der Waals surface area contributed by atoms with Crippen molar-refractivity contribution in [2.24, 2.45) is 0 Å². The number of aliphatic hydroxyl groups is 7. The number of carbonyl (C=O) groups excluding carboxylic acids is 6. The van der Waals surface area contributed by atoms with Gasteiger partial charge in [-0.2, -0.15) is 0 Å². The van der Waals surface area contributed by atoms with E-state index in [0.29, 0.717) is 0 Å². The number of carboxylic acids is 6. The van der Waals surface area contributed by atoms with Crippen LogP contribution in [0.15, 0.2) is 0 Å². The zero-order valence-electron chi connectivity index (χ0n) is 45.3. The SMILES string of the molecule is CCC(OC(=O)CC(C)O)C(=O)O.CCC(OC(=O)CC(C)O)C(=O)O.CCC(OC(=O)CC(C)O)C(=O)O.C[N+](C)(C)CCO.C[N+](C)(C)CCO.C[N+](C)(C)CCO.O=C([O-])CC(O)(CC(=O)[O-])C(=O)[O-]. The molecule has 0 radical (unpaired) electrons. The zero-order chi connectivity index (χ0) is 59.7. The number of hydrogen-bond acceptors (Lipinski definition) is 22. The van der Waals surface area contributed by atoms with Crippen molar-refractivity contribution in [1.82, 2.24) is 0 Å². The van der Waals surface area contributed by atoms with Crippen molar-refractivity contribution in [1.29, 1.82) is 0 Å². The molecule has 0 aliphatic rings. The molecule has 434 valence electrons. The molecule has 73 heavy (non-hydrogen) atoms. The minimum Gasteiger partial charge on any atom is -0.550 e. The van der Waals surface area contributed by atoms with Crippen LogP contribution < -0.4 is 15.3 Å². The van der Waals surface area contributed by atoms with Crippen LogP contribution >= 0.6 is 0 Å². The smallest absolute Gasteiger partial charge is 0.345 e. The maximum Gasteiger partial charge on any atom is 0.345 e. The van der Waals surface area contributed by atoms with Gasteiger partial charge in [-0.15, -0.1) is 0 Å². The molecule has 28 nitrogen and oxygen atoms in total. The Morgan fingerprint density at radius 1 is 0.452 bits per heavy atom. The fourth-order valence-corrected chi connectivity index (χ4v) is 3.85. The Morgan fingerprint density at radius 2 is 0.644 bits per heavy atom. The lowest BCUT2D eigenvalue weighted by Gasteiger charge is -2.29. The Bertz CT molecular complexity index is 1400. The summed E-state index contributed by atoms with van der Waals surface area (Å²) < 4.78 is 16.3. The van der Waals surface area contributed by atoms with Crippen LogP contribution in [0.2, 0.25) is 0 Å². The minimum atomic E-state index is -2.97. The number of esters is 3. The molecule has 0 aliphatic carbocycles. The molecule has 0 rings (SSSR count). The predicted octanol–water partition coefficient (Wildman–Crippen LogP) is -5.71. The molecule has 0 bridgehead atoms. The van der Waals surface area contributed by atoms with E-state index in [1.54, 1.807) is 20.8 Å². The normalized spacial score (nSPS) is 13.2. The molecule has 0 spiro atoms. The van der Waals surface area contributed by atoms with E-state index in [1.807, 2.05) is 0 Å². The molecule has 0 saturated carbocycles. The summed E-state index contributed by atoms with van der Waals surface area (Å²) in [5, 5.41) is 116. The van der Waals surface area contributed by atoms with Crippen LogP contribution in [0.3, 0.4) is 0 Å². The van der Waals surface area contributed by atoms with Crippen molar-refractivity contribution in [3.63, 3.8) is 0 Å².